The zero-order valence-corrected chi connectivity index (χ0v) is 13.6. The van der Waals surface area contributed by atoms with Gasteiger partial charge in [0.05, 0.1) is 17.2 Å². The summed E-state index contributed by atoms with van der Waals surface area (Å²) in [7, 11) is 0. The van der Waals surface area contributed by atoms with E-state index in [0.717, 1.165) is 18.4 Å². The molecule has 1 aromatic carbocycles. The summed E-state index contributed by atoms with van der Waals surface area (Å²) in [4.78, 5) is 0. The zero-order chi connectivity index (χ0) is 15.6. The second-order valence-corrected chi connectivity index (χ2v) is 6.19. The van der Waals surface area contributed by atoms with Gasteiger partial charge in [-0.15, -0.1) is 0 Å². The molecule has 0 aliphatic rings. The average molecular weight is 287 g/mol. The van der Waals surface area contributed by atoms with Crippen LogP contribution in [0.3, 0.4) is 0 Å². The van der Waals surface area contributed by atoms with Crippen molar-refractivity contribution in [2.45, 2.75) is 77.2 Å². The highest BCUT2D eigenvalue weighted by Crippen LogP contribution is 2.27. The van der Waals surface area contributed by atoms with Crippen LogP contribution in [0.1, 0.15) is 82.8 Å². The maximum Gasteiger partial charge on any atom is 0.0991 e. The van der Waals surface area contributed by atoms with E-state index in [1.165, 1.54) is 44.9 Å². The first kappa shape index (κ1) is 17.7. The van der Waals surface area contributed by atoms with Gasteiger partial charge in [0.1, 0.15) is 0 Å². The molecule has 1 atom stereocenters. The third kappa shape index (κ3) is 6.78. The van der Waals surface area contributed by atoms with E-state index in [1.807, 2.05) is 19.1 Å². The molecule has 1 rings (SSSR count). The molecule has 0 heterocycles. The van der Waals surface area contributed by atoms with Crippen LogP contribution < -0.4 is 0 Å². The molecule has 0 aromatic heterocycles. The van der Waals surface area contributed by atoms with E-state index in [0.29, 0.717) is 5.56 Å². The van der Waals surface area contributed by atoms with Crippen LogP contribution in [0.25, 0.3) is 0 Å². The third-order valence-electron chi connectivity index (χ3n) is 4.15. The van der Waals surface area contributed by atoms with E-state index in [4.69, 9.17) is 5.26 Å². The Morgan fingerprint density at radius 2 is 1.48 bits per heavy atom. The monoisotopic (exact) mass is 287 g/mol. The lowest BCUT2D eigenvalue weighted by Gasteiger charge is -2.24. The molecular weight excluding hydrogens is 258 g/mol. The predicted molar refractivity (Wildman–Crippen MR) is 88.0 cm³/mol. The molecule has 2 heteroatoms. The third-order valence-corrected chi connectivity index (χ3v) is 4.15. The first-order valence-electron chi connectivity index (χ1n) is 8.33. The van der Waals surface area contributed by atoms with E-state index >= 15 is 0 Å². The van der Waals surface area contributed by atoms with Crippen molar-refractivity contribution in [2.75, 3.05) is 0 Å². The number of rotatable bonds is 10. The minimum atomic E-state index is -0.782. The summed E-state index contributed by atoms with van der Waals surface area (Å²) in [6.07, 6.45) is 11.0. The molecule has 2 nitrogen and oxygen atoms in total. The minimum Gasteiger partial charge on any atom is -0.385 e. The molecule has 21 heavy (non-hydrogen) atoms. The van der Waals surface area contributed by atoms with Gasteiger partial charge in [-0.05, 0) is 31.0 Å². The van der Waals surface area contributed by atoms with E-state index in [9.17, 15) is 5.11 Å². The van der Waals surface area contributed by atoms with E-state index < -0.39 is 5.60 Å². The van der Waals surface area contributed by atoms with Crippen LogP contribution in [0.15, 0.2) is 24.3 Å². The summed E-state index contributed by atoms with van der Waals surface area (Å²) in [5, 5.41) is 19.3. The largest absolute Gasteiger partial charge is 0.385 e. The van der Waals surface area contributed by atoms with Crippen LogP contribution in [0.4, 0.5) is 0 Å². The molecule has 0 bridgehead atoms. The van der Waals surface area contributed by atoms with Gasteiger partial charge in [0, 0.05) is 0 Å². The molecule has 116 valence electrons. The van der Waals surface area contributed by atoms with Crippen LogP contribution in [0, 0.1) is 11.3 Å². The average Bonchev–Trinajstić information content (AvgIpc) is 2.50. The van der Waals surface area contributed by atoms with Gasteiger partial charge in [0.2, 0.25) is 0 Å². The molecule has 0 fully saturated rings. The summed E-state index contributed by atoms with van der Waals surface area (Å²) in [6.45, 7) is 4.11. The van der Waals surface area contributed by atoms with E-state index in [-0.39, 0.29) is 0 Å². The highest BCUT2D eigenvalue weighted by molar-refractivity contribution is 5.33. The minimum absolute atomic E-state index is 0.640. The molecular formula is C19H29NO. The number of hydrogen-bond acceptors (Lipinski definition) is 2. The number of aliphatic hydroxyl groups is 1. The van der Waals surface area contributed by atoms with Gasteiger partial charge in [0.15, 0.2) is 0 Å². The Morgan fingerprint density at radius 1 is 0.952 bits per heavy atom. The topological polar surface area (TPSA) is 44.0 Å². The van der Waals surface area contributed by atoms with Crippen LogP contribution in [0.2, 0.25) is 0 Å². The molecule has 1 aromatic rings. The van der Waals surface area contributed by atoms with Crippen molar-refractivity contribution in [1.29, 1.82) is 5.26 Å². The quantitative estimate of drug-likeness (QED) is 0.594. The van der Waals surface area contributed by atoms with Gasteiger partial charge in [-0.3, -0.25) is 0 Å². The molecule has 0 aliphatic heterocycles. The fourth-order valence-electron chi connectivity index (χ4n) is 2.65. The second kappa shape index (κ2) is 9.58. The molecule has 0 spiro atoms. The molecule has 0 saturated carbocycles. The number of unbranched alkanes of at least 4 members (excludes halogenated alkanes) is 7. The summed E-state index contributed by atoms with van der Waals surface area (Å²) < 4.78 is 0. The van der Waals surface area contributed by atoms with Gasteiger partial charge in [-0.2, -0.15) is 5.26 Å². The van der Waals surface area contributed by atoms with Gasteiger partial charge >= 0.3 is 0 Å². The van der Waals surface area contributed by atoms with Crippen molar-refractivity contribution in [3.63, 3.8) is 0 Å². The molecule has 0 saturated heterocycles. The lowest BCUT2D eigenvalue weighted by molar-refractivity contribution is 0.0448. The summed E-state index contributed by atoms with van der Waals surface area (Å²) in [5.41, 5.74) is 0.766. The summed E-state index contributed by atoms with van der Waals surface area (Å²) >= 11 is 0. The zero-order valence-electron chi connectivity index (χ0n) is 13.6. The molecule has 1 N–H and O–H groups in total. The van der Waals surface area contributed by atoms with Crippen LogP contribution in [-0.4, -0.2) is 5.11 Å². The first-order chi connectivity index (χ1) is 10.1. The van der Waals surface area contributed by atoms with Gasteiger partial charge in [-0.1, -0.05) is 70.4 Å². The molecule has 0 radical (unpaired) electrons. The first-order valence-corrected chi connectivity index (χ1v) is 8.33. The van der Waals surface area contributed by atoms with E-state index in [1.54, 1.807) is 12.1 Å². The number of nitrogens with zero attached hydrogens (tertiary/aromatic N) is 1. The van der Waals surface area contributed by atoms with Crippen molar-refractivity contribution in [3.05, 3.63) is 35.4 Å². The maximum absolute atomic E-state index is 10.5. The Morgan fingerprint density at radius 3 is 2.00 bits per heavy atom. The number of hydrogen-bond donors (Lipinski definition) is 1. The Kier molecular flexibility index (Phi) is 8.08. The van der Waals surface area contributed by atoms with Gasteiger partial charge in [0.25, 0.3) is 0 Å². The summed E-state index contributed by atoms with van der Waals surface area (Å²) in [6, 6.07) is 9.38. The second-order valence-electron chi connectivity index (χ2n) is 6.19. The maximum atomic E-state index is 10.5. The van der Waals surface area contributed by atoms with Crippen molar-refractivity contribution >= 4 is 0 Å². The molecule has 0 amide bonds. The Labute approximate surface area is 129 Å². The highest BCUT2D eigenvalue weighted by Gasteiger charge is 2.22. The Balaban J connectivity index is 2.24. The van der Waals surface area contributed by atoms with Crippen molar-refractivity contribution < 1.29 is 5.11 Å². The fourth-order valence-corrected chi connectivity index (χ4v) is 2.65. The van der Waals surface area contributed by atoms with Crippen molar-refractivity contribution in [1.82, 2.24) is 0 Å². The number of nitriles is 1. The lowest BCUT2D eigenvalue weighted by atomic mass is 9.89. The van der Waals surface area contributed by atoms with Crippen LogP contribution >= 0.6 is 0 Å². The van der Waals surface area contributed by atoms with Crippen LogP contribution in [-0.2, 0) is 5.60 Å². The SMILES string of the molecule is CCCCCCCCCCC(C)(O)c1ccc(C#N)cc1. The Hall–Kier alpha value is -1.33. The van der Waals surface area contributed by atoms with Gasteiger partial charge in [-0.25, -0.2) is 0 Å². The van der Waals surface area contributed by atoms with E-state index in [2.05, 4.69) is 13.0 Å². The number of benzene rings is 1. The highest BCUT2D eigenvalue weighted by atomic mass is 16.3. The normalized spacial score (nSPS) is 13.6. The van der Waals surface area contributed by atoms with Gasteiger partial charge < -0.3 is 5.11 Å². The van der Waals surface area contributed by atoms with Crippen molar-refractivity contribution in [3.8, 4) is 6.07 Å². The fraction of sp³-hybridized carbons (Fsp3) is 0.632. The Bertz CT molecular complexity index is 428. The van der Waals surface area contributed by atoms with Crippen molar-refractivity contribution in [2.24, 2.45) is 0 Å². The lowest BCUT2D eigenvalue weighted by Crippen LogP contribution is -2.20. The predicted octanol–water partition coefficient (Wildman–Crippen LogP) is 5.30. The molecule has 0 aliphatic carbocycles. The summed E-state index contributed by atoms with van der Waals surface area (Å²) in [5.74, 6) is 0. The van der Waals surface area contributed by atoms with Crippen LogP contribution in [0.5, 0.6) is 0 Å². The smallest absolute Gasteiger partial charge is 0.0991 e. The molecule has 1 unspecified atom stereocenters. The standard InChI is InChI=1S/C19H29NO/c1-3-4-5-6-7-8-9-10-15-19(2,21)18-13-11-17(16-20)12-14-18/h11-14,21H,3-10,15H2,1-2H3.